The monoisotopic (exact) mass is 306 g/mol. The Morgan fingerprint density at radius 1 is 1.38 bits per heavy atom. The average molecular weight is 306 g/mol. The predicted octanol–water partition coefficient (Wildman–Crippen LogP) is 2.33. The van der Waals surface area contributed by atoms with E-state index in [1.54, 1.807) is 24.2 Å². The maximum absolute atomic E-state index is 12.4. The lowest BCUT2D eigenvalue weighted by molar-refractivity contribution is -0.140. The average Bonchev–Trinajstić information content (AvgIpc) is 2.52. The minimum Gasteiger partial charge on any atom is -0.389 e. The summed E-state index contributed by atoms with van der Waals surface area (Å²) < 4.78 is 0. The molecule has 0 spiro atoms. The highest BCUT2D eigenvalue weighted by Crippen LogP contribution is 2.39. The van der Waals surface area contributed by atoms with Crippen LogP contribution in [0.3, 0.4) is 0 Å². The number of rotatable bonds is 3. The summed E-state index contributed by atoms with van der Waals surface area (Å²) in [6.07, 6.45) is 8.50. The molecule has 5 heteroatoms. The van der Waals surface area contributed by atoms with E-state index in [1.807, 2.05) is 17.0 Å². The molecule has 1 saturated heterocycles. The van der Waals surface area contributed by atoms with Gasteiger partial charge in [0.15, 0.2) is 0 Å². The fourth-order valence-electron chi connectivity index (χ4n) is 3.47. The van der Waals surface area contributed by atoms with Gasteiger partial charge in [-0.25, -0.2) is 0 Å². The van der Waals surface area contributed by atoms with Gasteiger partial charge in [0.1, 0.15) is 0 Å². The number of fused-ring (bicyclic) bond motifs is 1. The van der Waals surface area contributed by atoms with Gasteiger partial charge in [-0.05, 0) is 31.4 Å². The molecule has 1 N–H and O–H groups in total. The highest BCUT2D eigenvalue weighted by molar-refractivity contribution is 8.00. The zero-order valence-electron chi connectivity index (χ0n) is 12.2. The molecule has 21 heavy (non-hydrogen) atoms. The number of pyridine rings is 1. The Bertz CT molecular complexity index is 496. The molecule has 1 aromatic heterocycles. The van der Waals surface area contributed by atoms with Crippen LogP contribution in [0.2, 0.25) is 0 Å². The van der Waals surface area contributed by atoms with Gasteiger partial charge in [-0.2, -0.15) is 0 Å². The summed E-state index contributed by atoms with van der Waals surface area (Å²) in [4.78, 5) is 19.4. The number of thioether (sulfide) groups is 1. The second-order valence-electron chi connectivity index (χ2n) is 6.11. The van der Waals surface area contributed by atoms with Gasteiger partial charge < -0.3 is 10.0 Å². The van der Waals surface area contributed by atoms with Crippen LogP contribution in [0.15, 0.2) is 29.4 Å². The van der Waals surface area contributed by atoms with Crippen LogP contribution >= 0.6 is 11.8 Å². The molecule has 0 aromatic carbocycles. The summed E-state index contributed by atoms with van der Waals surface area (Å²) in [5.41, 5.74) is -0.507. The van der Waals surface area contributed by atoms with Gasteiger partial charge in [-0.15, -0.1) is 11.8 Å². The lowest BCUT2D eigenvalue weighted by atomic mass is 9.71. The minimum absolute atomic E-state index is 0.185. The van der Waals surface area contributed by atoms with E-state index in [4.69, 9.17) is 0 Å². The van der Waals surface area contributed by atoms with E-state index in [0.29, 0.717) is 12.3 Å². The van der Waals surface area contributed by atoms with Crippen LogP contribution in [0.1, 0.15) is 32.1 Å². The first-order valence-corrected chi connectivity index (χ1v) is 8.69. The van der Waals surface area contributed by atoms with E-state index in [-0.39, 0.29) is 11.8 Å². The standard InChI is InChI=1S/C16H22N2O2S/c19-15(12-21-14-4-8-17-9-5-14)18-10-7-16(20)6-2-1-3-13(16)11-18/h4-5,8-9,13,20H,1-3,6-7,10-12H2/t13-,16-/m1/s1. The van der Waals surface area contributed by atoms with Crippen molar-refractivity contribution in [3.63, 3.8) is 0 Å². The molecule has 4 nitrogen and oxygen atoms in total. The number of hydrogen-bond donors (Lipinski definition) is 1. The Kier molecular flexibility index (Phi) is 4.50. The van der Waals surface area contributed by atoms with E-state index in [0.717, 1.165) is 37.1 Å². The molecule has 1 aliphatic carbocycles. The summed E-state index contributed by atoms with van der Waals surface area (Å²) >= 11 is 1.56. The zero-order valence-corrected chi connectivity index (χ0v) is 13.0. The van der Waals surface area contributed by atoms with Crippen molar-refractivity contribution in [1.82, 2.24) is 9.88 Å². The number of amides is 1. The number of carbonyl (C=O) groups is 1. The maximum Gasteiger partial charge on any atom is 0.232 e. The van der Waals surface area contributed by atoms with Gasteiger partial charge in [0, 0.05) is 36.3 Å². The number of carbonyl (C=O) groups excluding carboxylic acids is 1. The van der Waals surface area contributed by atoms with E-state index < -0.39 is 5.60 Å². The Morgan fingerprint density at radius 3 is 3.00 bits per heavy atom. The van der Waals surface area contributed by atoms with Crippen LogP contribution in [-0.4, -0.2) is 45.3 Å². The van der Waals surface area contributed by atoms with Crippen LogP contribution in [0.25, 0.3) is 0 Å². The second kappa shape index (κ2) is 6.36. The van der Waals surface area contributed by atoms with Crippen LogP contribution in [0, 0.1) is 5.92 Å². The molecular weight excluding hydrogens is 284 g/mol. The van der Waals surface area contributed by atoms with Crippen molar-refractivity contribution in [3.8, 4) is 0 Å². The molecule has 2 fully saturated rings. The van der Waals surface area contributed by atoms with Crippen molar-refractivity contribution in [3.05, 3.63) is 24.5 Å². The maximum atomic E-state index is 12.4. The molecule has 2 aliphatic rings. The van der Waals surface area contributed by atoms with Crippen LogP contribution in [0.4, 0.5) is 0 Å². The molecule has 114 valence electrons. The highest BCUT2D eigenvalue weighted by atomic mass is 32.2. The van der Waals surface area contributed by atoms with E-state index >= 15 is 0 Å². The minimum atomic E-state index is -0.507. The summed E-state index contributed by atoms with van der Waals surface area (Å²) in [6.45, 7) is 1.43. The van der Waals surface area contributed by atoms with Gasteiger partial charge >= 0.3 is 0 Å². The largest absolute Gasteiger partial charge is 0.389 e. The third-order valence-electron chi connectivity index (χ3n) is 4.79. The number of piperidine rings is 1. The lowest BCUT2D eigenvalue weighted by Gasteiger charge is -2.47. The molecule has 2 atom stereocenters. The molecule has 2 heterocycles. The van der Waals surface area contributed by atoms with Gasteiger partial charge in [-0.3, -0.25) is 9.78 Å². The van der Waals surface area contributed by atoms with Crippen molar-refractivity contribution in [2.45, 2.75) is 42.6 Å². The third kappa shape index (κ3) is 3.40. The van der Waals surface area contributed by atoms with Gasteiger partial charge in [0.25, 0.3) is 0 Å². The molecular formula is C16H22N2O2S. The Balaban J connectivity index is 1.54. The number of aliphatic hydroxyl groups is 1. The molecule has 1 aromatic rings. The number of nitrogens with zero attached hydrogens (tertiary/aromatic N) is 2. The van der Waals surface area contributed by atoms with Gasteiger partial charge in [-0.1, -0.05) is 12.8 Å². The first-order chi connectivity index (χ1) is 10.2. The quantitative estimate of drug-likeness (QED) is 0.871. The molecule has 1 amide bonds. The van der Waals surface area contributed by atoms with Crippen molar-refractivity contribution < 1.29 is 9.90 Å². The Morgan fingerprint density at radius 2 is 2.19 bits per heavy atom. The Hall–Kier alpha value is -1.07. The number of aromatic nitrogens is 1. The highest BCUT2D eigenvalue weighted by Gasteiger charge is 2.43. The molecule has 0 radical (unpaired) electrons. The Labute approximate surface area is 129 Å². The summed E-state index contributed by atoms with van der Waals surface area (Å²) in [5.74, 6) is 0.925. The zero-order chi connectivity index (χ0) is 14.7. The summed E-state index contributed by atoms with van der Waals surface area (Å²) in [5, 5.41) is 10.6. The first-order valence-electron chi connectivity index (χ1n) is 7.70. The van der Waals surface area contributed by atoms with Gasteiger partial charge in [0.2, 0.25) is 5.91 Å². The molecule has 3 rings (SSSR count). The number of hydrogen-bond acceptors (Lipinski definition) is 4. The number of likely N-dealkylation sites (tertiary alicyclic amines) is 1. The predicted molar refractivity (Wildman–Crippen MR) is 83.1 cm³/mol. The summed E-state index contributed by atoms with van der Waals surface area (Å²) in [6, 6.07) is 3.85. The topological polar surface area (TPSA) is 53.4 Å². The van der Waals surface area contributed by atoms with Crippen LogP contribution in [0.5, 0.6) is 0 Å². The molecule has 1 aliphatic heterocycles. The van der Waals surface area contributed by atoms with Crippen molar-refractivity contribution in [1.29, 1.82) is 0 Å². The fourth-order valence-corrected chi connectivity index (χ4v) is 4.26. The summed E-state index contributed by atoms with van der Waals surface area (Å²) in [7, 11) is 0. The molecule has 1 saturated carbocycles. The normalized spacial score (nSPS) is 29.0. The van der Waals surface area contributed by atoms with Gasteiger partial charge in [0.05, 0.1) is 11.4 Å². The van der Waals surface area contributed by atoms with E-state index in [9.17, 15) is 9.90 Å². The van der Waals surface area contributed by atoms with Crippen LogP contribution in [-0.2, 0) is 4.79 Å². The molecule has 0 bridgehead atoms. The van der Waals surface area contributed by atoms with Crippen molar-refractivity contribution in [2.24, 2.45) is 5.92 Å². The second-order valence-corrected chi connectivity index (χ2v) is 7.16. The first kappa shape index (κ1) is 14.9. The van der Waals surface area contributed by atoms with Crippen LogP contribution < -0.4 is 0 Å². The van der Waals surface area contributed by atoms with E-state index in [2.05, 4.69) is 4.98 Å². The third-order valence-corrected chi connectivity index (χ3v) is 5.79. The fraction of sp³-hybridized carbons (Fsp3) is 0.625. The lowest BCUT2D eigenvalue weighted by Crippen LogP contribution is -2.55. The smallest absolute Gasteiger partial charge is 0.232 e. The SMILES string of the molecule is O=C(CSc1ccncc1)N1CC[C@]2(O)CCCC[C@@H]2C1. The molecule has 0 unspecified atom stereocenters. The van der Waals surface area contributed by atoms with E-state index in [1.165, 1.54) is 6.42 Å². The van der Waals surface area contributed by atoms with Crippen molar-refractivity contribution >= 4 is 17.7 Å². The van der Waals surface area contributed by atoms with Crippen molar-refractivity contribution in [2.75, 3.05) is 18.8 Å².